The van der Waals surface area contributed by atoms with Gasteiger partial charge < -0.3 is 4.74 Å². The van der Waals surface area contributed by atoms with E-state index in [2.05, 4.69) is 63.0 Å². The van der Waals surface area contributed by atoms with Crippen molar-refractivity contribution < 1.29 is 9.53 Å². The molecule has 35 heavy (non-hydrogen) atoms. The Morgan fingerprint density at radius 2 is 1.66 bits per heavy atom. The fourth-order valence-electron chi connectivity index (χ4n) is 3.87. The summed E-state index contributed by atoms with van der Waals surface area (Å²) in [5.74, 6) is -0.136. The van der Waals surface area contributed by atoms with Crippen LogP contribution in [0, 0.1) is 6.92 Å². The van der Waals surface area contributed by atoms with Gasteiger partial charge in [-0.15, -0.1) is 0 Å². The van der Waals surface area contributed by atoms with Crippen LogP contribution in [0.2, 0.25) is 0 Å². The second kappa shape index (κ2) is 9.16. The van der Waals surface area contributed by atoms with Crippen molar-refractivity contribution in [3.05, 3.63) is 107 Å². The molecule has 0 spiro atoms. The molecule has 0 saturated carbocycles. The first kappa shape index (κ1) is 23.1. The Morgan fingerprint density at radius 3 is 2.37 bits per heavy atom. The van der Waals surface area contributed by atoms with Crippen LogP contribution in [0.15, 0.2) is 99.5 Å². The molecule has 0 amide bonds. The summed E-state index contributed by atoms with van der Waals surface area (Å²) >= 11 is 1.56. The fourth-order valence-corrected chi connectivity index (χ4v) is 4.77. The van der Waals surface area contributed by atoms with Gasteiger partial charge >= 0.3 is 5.97 Å². The zero-order chi connectivity index (χ0) is 24.6. The van der Waals surface area contributed by atoms with E-state index in [1.165, 1.54) is 5.56 Å². The molecule has 0 N–H and O–H groups in total. The SMILES string of the molecule is Cc1ccc2nc(Sc3ccccc3)c(/C=C3/N=C(c4ccc(C(C)(C)C)cc4)OC3=O)cc2c1. The van der Waals surface area contributed by atoms with Gasteiger partial charge in [-0.1, -0.05) is 74.5 Å². The van der Waals surface area contributed by atoms with Crippen molar-refractivity contribution in [3.8, 4) is 0 Å². The van der Waals surface area contributed by atoms with Crippen LogP contribution in [0.4, 0.5) is 0 Å². The third kappa shape index (κ3) is 5.05. The number of aliphatic imine (C=N–C) groups is 1. The van der Waals surface area contributed by atoms with Gasteiger partial charge in [-0.2, -0.15) is 0 Å². The molecule has 4 nitrogen and oxygen atoms in total. The second-order valence-electron chi connectivity index (χ2n) is 9.66. The number of esters is 1. The van der Waals surface area contributed by atoms with Gasteiger partial charge in [0.05, 0.1) is 5.52 Å². The Kier molecular flexibility index (Phi) is 6.03. The molecule has 1 aliphatic rings. The van der Waals surface area contributed by atoms with Crippen LogP contribution in [0.3, 0.4) is 0 Å². The molecule has 0 radical (unpaired) electrons. The van der Waals surface area contributed by atoms with E-state index in [1.807, 2.05) is 48.5 Å². The van der Waals surface area contributed by atoms with E-state index in [1.54, 1.807) is 17.8 Å². The smallest absolute Gasteiger partial charge is 0.363 e. The van der Waals surface area contributed by atoms with Crippen LogP contribution in [0.1, 0.15) is 43.0 Å². The summed E-state index contributed by atoms with van der Waals surface area (Å²) in [5.41, 5.74) is 5.20. The Labute approximate surface area is 209 Å². The number of pyridine rings is 1. The van der Waals surface area contributed by atoms with E-state index < -0.39 is 5.97 Å². The normalized spacial score (nSPS) is 14.9. The maximum atomic E-state index is 12.7. The van der Waals surface area contributed by atoms with Crippen molar-refractivity contribution in [2.45, 2.75) is 43.0 Å². The van der Waals surface area contributed by atoms with Gasteiger partial charge in [-0.05, 0) is 66.4 Å². The van der Waals surface area contributed by atoms with Crippen molar-refractivity contribution in [3.63, 3.8) is 0 Å². The van der Waals surface area contributed by atoms with E-state index in [9.17, 15) is 4.79 Å². The van der Waals surface area contributed by atoms with Crippen LogP contribution in [0.25, 0.3) is 17.0 Å². The summed E-state index contributed by atoms with van der Waals surface area (Å²) in [7, 11) is 0. The van der Waals surface area contributed by atoms with E-state index in [-0.39, 0.29) is 11.1 Å². The van der Waals surface area contributed by atoms with Gasteiger partial charge in [-0.3, -0.25) is 0 Å². The number of aryl methyl sites for hydroxylation is 1. The number of rotatable bonds is 4. The average Bonchev–Trinajstić information content (AvgIpc) is 3.20. The Hall–Kier alpha value is -3.70. The lowest BCUT2D eigenvalue weighted by Gasteiger charge is -2.18. The number of carbonyl (C=O) groups is 1. The first-order valence-electron chi connectivity index (χ1n) is 11.5. The van der Waals surface area contributed by atoms with E-state index in [0.717, 1.165) is 37.5 Å². The first-order valence-corrected chi connectivity index (χ1v) is 12.4. The van der Waals surface area contributed by atoms with E-state index in [0.29, 0.717) is 5.90 Å². The van der Waals surface area contributed by atoms with Crippen LogP contribution in [0.5, 0.6) is 0 Å². The Balaban J connectivity index is 1.55. The van der Waals surface area contributed by atoms with Crippen LogP contribution in [-0.2, 0) is 14.9 Å². The van der Waals surface area contributed by atoms with Gasteiger partial charge in [0.25, 0.3) is 0 Å². The maximum Gasteiger partial charge on any atom is 0.363 e. The highest BCUT2D eigenvalue weighted by atomic mass is 32.2. The number of hydrogen-bond acceptors (Lipinski definition) is 5. The molecule has 5 heteroatoms. The van der Waals surface area contributed by atoms with Gasteiger partial charge in [-0.25, -0.2) is 14.8 Å². The summed E-state index contributed by atoms with van der Waals surface area (Å²) in [5, 5.41) is 1.83. The molecule has 4 aromatic rings. The number of benzene rings is 3. The van der Waals surface area contributed by atoms with E-state index >= 15 is 0 Å². The van der Waals surface area contributed by atoms with Crippen molar-refractivity contribution in [1.82, 2.24) is 4.98 Å². The topological polar surface area (TPSA) is 51.6 Å². The lowest BCUT2D eigenvalue weighted by Crippen LogP contribution is -2.11. The van der Waals surface area contributed by atoms with Gasteiger partial charge in [0.2, 0.25) is 5.90 Å². The number of carbonyl (C=O) groups excluding carboxylic acids is 1. The molecule has 2 heterocycles. The molecule has 0 saturated heterocycles. The average molecular weight is 479 g/mol. The van der Waals surface area contributed by atoms with Crippen LogP contribution in [-0.4, -0.2) is 16.9 Å². The molecule has 174 valence electrons. The number of cyclic esters (lactones) is 1. The lowest BCUT2D eigenvalue weighted by atomic mass is 9.87. The summed E-state index contributed by atoms with van der Waals surface area (Å²) < 4.78 is 5.54. The number of nitrogens with zero attached hydrogens (tertiary/aromatic N) is 2. The predicted molar refractivity (Wildman–Crippen MR) is 143 cm³/mol. The third-order valence-electron chi connectivity index (χ3n) is 5.83. The second-order valence-corrected chi connectivity index (χ2v) is 10.7. The van der Waals surface area contributed by atoms with Crippen molar-refractivity contribution in [2.24, 2.45) is 4.99 Å². The van der Waals surface area contributed by atoms with Gasteiger partial charge in [0.15, 0.2) is 5.70 Å². The zero-order valence-electron chi connectivity index (χ0n) is 20.2. The Bertz CT molecular complexity index is 1480. The van der Waals surface area contributed by atoms with Crippen molar-refractivity contribution in [2.75, 3.05) is 0 Å². The lowest BCUT2D eigenvalue weighted by molar-refractivity contribution is -0.129. The molecule has 1 aromatic heterocycles. The van der Waals surface area contributed by atoms with Crippen molar-refractivity contribution in [1.29, 1.82) is 0 Å². The number of aromatic nitrogens is 1. The Morgan fingerprint density at radius 1 is 0.914 bits per heavy atom. The highest BCUT2D eigenvalue weighted by Gasteiger charge is 2.25. The number of ether oxygens (including phenoxy) is 1. The summed E-state index contributed by atoms with van der Waals surface area (Å²) in [6.45, 7) is 8.56. The van der Waals surface area contributed by atoms with Crippen molar-refractivity contribution >= 4 is 40.6 Å². The van der Waals surface area contributed by atoms with Gasteiger partial charge in [0.1, 0.15) is 5.03 Å². The predicted octanol–water partition coefficient (Wildman–Crippen LogP) is 7.34. The molecule has 0 atom stereocenters. The molecule has 3 aromatic carbocycles. The third-order valence-corrected chi connectivity index (χ3v) is 6.86. The summed E-state index contributed by atoms with van der Waals surface area (Å²) in [6, 6.07) is 26.3. The summed E-state index contributed by atoms with van der Waals surface area (Å²) in [6.07, 6.45) is 1.78. The molecule has 0 fully saturated rings. The zero-order valence-corrected chi connectivity index (χ0v) is 21.0. The minimum absolute atomic E-state index is 0.0476. The number of fused-ring (bicyclic) bond motifs is 1. The minimum atomic E-state index is -0.458. The first-order chi connectivity index (χ1) is 16.8. The highest BCUT2D eigenvalue weighted by molar-refractivity contribution is 7.99. The van der Waals surface area contributed by atoms with Crippen LogP contribution >= 0.6 is 11.8 Å². The standard InChI is InChI=1S/C30H26N2O2S/c1-19-10-15-25-21(16-19)17-22(28(32-25)35-24-8-6-5-7-9-24)18-26-29(33)34-27(31-26)20-11-13-23(14-12-20)30(2,3)4/h5-18H,1-4H3/b26-18+. The molecule has 1 aliphatic heterocycles. The monoisotopic (exact) mass is 478 g/mol. The highest BCUT2D eigenvalue weighted by Crippen LogP contribution is 2.33. The fraction of sp³-hybridized carbons (Fsp3) is 0.167. The quantitative estimate of drug-likeness (QED) is 0.227. The maximum absolute atomic E-state index is 12.7. The molecular weight excluding hydrogens is 452 g/mol. The number of hydrogen-bond donors (Lipinski definition) is 0. The molecule has 5 rings (SSSR count). The molecule has 0 aliphatic carbocycles. The molecule has 0 unspecified atom stereocenters. The minimum Gasteiger partial charge on any atom is -0.402 e. The van der Waals surface area contributed by atoms with Gasteiger partial charge in [0, 0.05) is 21.4 Å². The molecular formula is C30H26N2O2S. The van der Waals surface area contributed by atoms with E-state index in [4.69, 9.17) is 9.72 Å². The summed E-state index contributed by atoms with van der Waals surface area (Å²) in [4.78, 5) is 23.3. The van der Waals surface area contributed by atoms with Crippen LogP contribution < -0.4 is 0 Å². The largest absolute Gasteiger partial charge is 0.402 e. The molecule has 0 bridgehead atoms.